The van der Waals surface area contributed by atoms with Gasteiger partial charge < -0.3 is 14.2 Å². The zero-order chi connectivity index (χ0) is 21.2. The van der Waals surface area contributed by atoms with Gasteiger partial charge in [0, 0.05) is 0 Å². The number of hydrogen-bond acceptors (Lipinski definition) is 5. The molecule has 0 heterocycles. The number of amides is 1. The van der Waals surface area contributed by atoms with E-state index in [1.807, 2.05) is 30.3 Å². The van der Waals surface area contributed by atoms with Crippen molar-refractivity contribution in [3.63, 3.8) is 0 Å². The van der Waals surface area contributed by atoms with Crippen LogP contribution >= 0.6 is 0 Å². The van der Waals surface area contributed by atoms with Gasteiger partial charge in [0.05, 0.1) is 13.3 Å². The van der Waals surface area contributed by atoms with E-state index < -0.39 is 11.7 Å². The average molecular weight is 408 g/mol. The van der Waals surface area contributed by atoms with Gasteiger partial charge in [0.2, 0.25) is 0 Å². The van der Waals surface area contributed by atoms with E-state index in [0.29, 0.717) is 23.7 Å². The third-order valence-electron chi connectivity index (χ3n) is 4.02. The minimum absolute atomic E-state index is 0.00647. The molecule has 0 aromatic heterocycles. The van der Waals surface area contributed by atoms with Gasteiger partial charge in [0.25, 0.3) is 5.91 Å². The molecule has 0 aliphatic carbocycles. The zero-order valence-electron chi connectivity index (χ0n) is 16.4. The van der Waals surface area contributed by atoms with Crippen LogP contribution < -0.4 is 19.6 Å². The van der Waals surface area contributed by atoms with Crippen LogP contribution in [-0.2, 0) is 11.4 Å². The van der Waals surface area contributed by atoms with Gasteiger partial charge in [-0.05, 0) is 41.5 Å². The maximum Gasteiger partial charge on any atom is 0.277 e. The van der Waals surface area contributed by atoms with Crippen LogP contribution in [0.1, 0.15) is 11.1 Å². The van der Waals surface area contributed by atoms with E-state index in [1.54, 1.807) is 37.4 Å². The van der Waals surface area contributed by atoms with E-state index in [-0.39, 0.29) is 12.4 Å². The molecule has 0 saturated heterocycles. The number of benzene rings is 3. The molecule has 1 amide bonds. The molecule has 0 aliphatic rings. The summed E-state index contributed by atoms with van der Waals surface area (Å²) in [5, 5.41) is 3.90. The number of methoxy groups -OCH3 is 1. The van der Waals surface area contributed by atoms with E-state index in [1.165, 1.54) is 18.3 Å². The molecule has 3 rings (SSSR count). The Bertz CT molecular complexity index is 1010. The van der Waals surface area contributed by atoms with Gasteiger partial charge in [-0.1, -0.05) is 42.5 Å². The van der Waals surface area contributed by atoms with Crippen molar-refractivity contribution in [3.8, 4) is 17.2 Å². The summed E-state index contributed by atoms with van der Waals surface area (Å²) in [5.74, 6) is 0.107. The van der Waals surface area contributed by atoms with Gasteiger partial charge in [-0.15, -0.1) is 0 Å². The van der Waals surface area contributed by atoms with Crippen molar-refractivity contribution in [2.45, 2.75) is 6.61 Å². The van der Waals surface area contributed by atoms with Crippen molar-refractivity contribution in [1.82, 2.24) is 5.43 Å². The quantitative estimate of drug-likeness (QED) is 0.430. The molecule has 0 fully saturated rings. The second-order valence-corrected chi connectivity index (χ2v) is 6.20. The molecule has 0 bridgehead atoms. The van der Waals surface area contributed by atoms with Crippen LogP contribution in [0.25, 0.3) is 0 Å². The molecule has 3 aromatic rings. The Hall–Kier alpha value is -3.87. The second kappa shape index (κ2) is 10.6. The number of nitrogens with one attached hydrogen (secondary N) is 1. The lowest BCUT2D eigenvalue weighted by Gasteiger charge is -2.11. The summed E-state index contributed by atoms with van der Waals surface area (Å²) in [6, 6.07) is 20.9. The number of hydrazone groups is 1. The van der Waals surface area contributed by atoms with Crippen molar-refractivity contribution in [3.05, 3.63) is 89.7 Å². The third-order valence-corrected chi connectivity index (χ3v) is 4.02. The van der Waals surface area contributed by atoms with Gasteiger partial charge in [0.1, 0.15) is 6.61 Å². The van der Waals surface area contributed by atoms with Crippen molar-refractivity contribution in [1.29, 1.82) is 0 Å². The predicted molar refractivity (Wildman–Crippen MR) is 111 cm³/mol. The van der Waals surface area contributed by atoms with Crippen LogP contribution in [0.15, 0.2) is 77.9 Å². The summed E-state index contributed by atoms with van der Waals surface area (Å²) >= 11 is 0. The number of ether oxygens (including phenoxy) is 3. The Morgan fingerprint density at radius 2 is 1.73 bits per heavy atom. The zero-order valence-corrected chi connectivity index (χ0v) is 16.4. The summed E-state index contributed by atoms with van der Waals surface area (Å²) in [7, 11) is 1.56. The molecule has 0 saturated carbocycles. The average Bonchev–Trinajstić information content (AvgIpc) is 2.78. The number of rotatable bonds is 9. The molecular weight excluding hydrogens is 387 g/mol. The molecular formula is C23H21FN2O4. The van der Waals surface area contributed by atoms with Crippen molar-refractivity contribution < 1.29 is 23.4 Å². The Morgan fingerprint density at radius 3 is 2.50 bits per heavy atom. The number of halogens is 1. The Balaban J connectivity index is 1.55. The van der Waals surface area contributed by atoms with Crippen LogP contribution in [0.5, 0.6) is 17.2 Å². The SMILES string of the molecule is COc1ccc(/C=N/NC(=O)COc2ccccc2F)cc1OCc1ccccc1. The summed E-state index contributed by atoms with van der Waals surface area (Å²) < 4.78 is 29.8. The number of nitrogens with zero attached hydrogens (tertiary/aromatic N) is 1. The van der Waals surface area contributed by atoms with E-state index >= 15 is 0 Å². The molecule has 0 aliphatic heterocycles. The summed E-state index contributed by atoms with van der Waals surface area (Å²) in [5.41, 5.74) is 4.07. The van der Waals surface area contributed by atoms with Crippen LogP contribution in [0.4, 0.5) is 4.39 Å². The Morgan fingerprint density at radius 1 is 0.967 bits per heavy atom. The number of carbonyl (C=O) groups is 1. The number of carbonyl (C=O) groups excluding carboxylic acids is 1. The first kappa shape index (κ1) is 20.9. The Kier molecular flexibility index (Phi) is 7.38. The van der Waals surface area contributed by atoms with Gasteiger partial charge in [-0.2, -0.15) is 5.10 Å². The molecule has 0 radical (unpaired) electrons. The van der Waals surface area contributed by atoms with Crippen LogP contribution in [-0.4, -0.2) is 25.8 Å². The van der Waals surface area contributed by atoms with E-state index in [9.17, 15) is 9.18 Å². The lowest BCUT2D eigenvalue weighted by molar-refractivity contribution is -0.123. The normalized spacial score (nSPS) is 10.6. The fourth-order valence-corrected chi connectivity index (χ4v) is 2.54. The van der Waals surface area contributed by atoms with Gasteiger partial charge in [-0.3, -0.25) is 4.79 Å². The first-order valence-corrected chi connectivity index (χ1v) is 9.19. The predicted octanol–water partition coefficient (Wildman–Crippen LogP) is 3.94. The van der Waals surface area contributed by atoms with E-state index in [4.69, 9.17) is 14.2 Å². The first-order valence-electron chi connectivity index (χ1n) is 9.19. The second-order valence-electron chi connectivity index (χ2n) is 6.20. The molecule has 3 aromatic carbocycles. The molecule has 154 valence electrons. The minimum atomic E-state index is -0.532. The summed E-state index contributed by atoms with van der Waals surface area (Å²) in [6.45, 7) is 0.0360. The summed E-state index contributed by atoms with van der Waals surface area (Å²) in [4.78, 5) is 11.8. The lowest BCUT2D eigenvalue weighted by Crippen LogP contribution is -2.24. The van der Waals surface area contributed by atoms with Crippen molar-refractivity contribution in [2.75, 3.05) is 13.7 Å². The molecule has 7 heteroatoms. The van der Waals surface area contributed by atoms with Crippen molar-refractivity contribution in [2.24, 2.45) is 5.10 Å². The largest absolute Gasteiger partial charge is 0.493 e. The standard InChI is InChI=1S/C23H21FN2O4/c1-28-21-12-11-18(13-22(21)29-15-17-7-3-2-4-8-17)14-25-26-23(27)16-30-20-10-6-5-9-19(20)24/h2-14H,15-16H2,1H3,(H,26,27)/b25-14+. The summed E-state index contributed by atoms with van der Waals surface area (Å²) in [6.07, 6.45) is 1.47. The molecule has 0 unspecified atom stereocenters. The van der Waals surface area contributed by atoms with Gasteiger partial charge in [-0.25, -0.2) is 9.82 Å². The maximum atomic E-state index is 13.5. The highest BCUT2D eigenvalue weighted by atomic mass is 19.1. The van der Waals surface area contributed by atoms with Crippen LogP contribution in [0.2, 0.25) is 0 Å². The topological polar surface area (TPSA) is 69.2 Å². The van der Waals surface area contributed by atoms with E-state index in [0.717, 1.165) is 5.56 Å². The number of para-hydroxylation sites is 1. The molecule has 0 atom stereocenters. The fraction of sp³-hybridized carbons (Fsp3) is 0.130. The molecule has 1 N–H and O–H groups in total. The Labute approximate surface area is 173 Å². The number of hydrogen-bond donors (Lipinski definition) is 1. The highest BCUT2D eigenvalue weighted by Crippen LogP contribution is 2.28. The highest BCUT2D eigenvalue weighted by molar-refractivity contribution is 5.83. The van der Waals surface area contributed by atoms with Gasteiger partial charge in [0.15, 0.2) is 29.7 Å². The van der Waals surface area contributed by atoms with Gasteiger partial charge >= 0.3 is 0 Å². The van der Waals surface area contributed by atoms with E-state index in [2.05, 4.69) is 10.5 Å². The molecule has 0 spiro atoms. The lowest BCUT2D eigenvalue weighted by atomic mass is 10.2. The minimum Gasteiger partial charge on any atom is -0.493 e. The van der Waals surface area contributed by atoms with Crippen LogP contribution in [0.3, 0.4) is 0 Å². The monoisotopic (exact) mass is 408 g/mol. The first-order chi connectivity index (χ1) is 14.7. The van der Waals surface area contributed by atoms with Crippen molar-refractivity contribution >= 4 is 12.1 Å². The molecule has 30 heavy (non-hydrogen) atoms. The molecule has 6 nitrogen and oxygen atoms in total. The smallest absolute Gasteiger partial charge is 0.277 e. The fourth-order valence-electron chi connectivity index (χ4n) is 2.54. The highest BCUT2D eigenvalue weighted by Gasteiger charge is 2.07. The maximum absolute atomic E-state index is 13.5. The third kappa shape index (κ3) is 6.07. The van der Waals surface area contributed by atoms with Crippen LogP contribution in [0, 0.1) is 5.82 Å².